The minimum absolute atomic E-state index is 0.0461. The van der Waals surface area contributed by atoms with Crippen LogP contribution in [0.5, 0.6) is 17.2 Å². The molecule has 0 radical (unpaired) electrons. The fraction of sp³-hybridized carbons (Fsp3) is 0.481. The molecule has 6 heteroatoms. The predicted molar refractivity (Wildman–Crippen MR) is 130 cm³/mol. The molecule has 0 saturated carbocycles. The van der Waals surface area contributed by atoms with Crippen LogP contribution in [0, 0.1) is 18.3 Å². The van der Waals surface area contributed by atoms with E-state index in [1.54, 1.807) is 19.1 Å². The maximum atomic E-state index is 12.2. The summed E-state index contributed by atoms with van der Waals surface area (Å²) in [4.78, 5) is 12.2. The Balaban J connectivity index is 1.39. The molecule has 1 amide bonds. The smallest absolute Gasteiger partial charge is 0.255 e. The van der Waals surface area contributed by atoms with Gasteiger partial charge in [0.1, 0.15) is 17.2 Å². The van der Waals surface area contributed by atoms with Crippen molar-refractivity contribution in [2.75, 3.05) is 13.2 Å². The lowest BCUT2D eigenvalue weighted by Crippen LogP contribution is -2.25. The maximum absolute atomic E-state index is 12.2. The zero-order chi connectivity index (χ0) is 23.9. The standard InChI is InChI=1S/C27H36N2O4/c1-21-18-23(30)19-25(31)26(21)27(32)29-16-10-8-6-4-2-3-5-7-9-11-17-33-24-14-12-22(20-28)13-15-24/h12-15,18-19,30-31H,2-11,16-17H2,1H3,(H,29,32). The van der Waals surface area contributed by atoms with E-state index in [1.165, 1.54) is 50.7 Å². The van der Waals surface area contributed by atoms with Gasteiger partial charge >= 0.3 is 0 Å². The lowest BCUT2D eigenvalue weighted by Gasteiger charge is -2.10. The van der Waals surface area contributed by atoms with Crippen LogP contribution in [-0.4, -0.2) is 29.3 Å². The SMILES string of the molecule is Cc1cc(O)cc(O)c1C(=O)NCCCCCCCCCCCCOc1ccc(C#N)cc1. The fourth-order valence-corrected chi connectivity index (χ4v) is 3.79. The highest BCUT2D eigenvalue weighted by atomic mass is 16.5. The number of hydrogen-bond acceptors (Lipinski definition) is 5. The summed E-state index contributed by atoms with van der Waals surface area (Å²) in [7, 11) is 0. The quantitative estimate of drug-likeness (QED) is 0.288. The second kappa shape index (κ2) is 14.8. The highest BCUT2D eigenvalue weighted by Crippen LogP contribution is 2.26. The molecule has 33 heavy (non-hydrogen) atoms. The number of amides is 1. The van der Waals surface area contributed by atoms with Gasteiger partial charge in [-0.3, -0.25) is 4.79 Å². The second-order valence-electron chi connectivity index (χ2n) is 8.43. The molecule has 0 spiro atoms. The molecule has 2 aromatic rings. The zero-order valence-electron chi connectivity index (χ0n) is 19.6. The Morgan fingerprint density at radius 2 is 1.48 bits per heavy atom. The van der Waals surface area contributed by atoms with Crippen LogP contribution in [0.2, 0.25) is 0 Å². The van der Waals surface area contributed by atoms with Crippen molar-refractivity contribution in [2.45, 2.75) is 71.1 Å². The molecular weight excluding hydrogens is 416 g/mol. The van der Waals surface area contributed by atoms with Crippen LogP contribution in [-0.2, 0) is 0 Å². The monoisotopic (exact) mass is 452 g/mol. The molecule has 2 rings (SSSR count). The van der Waals surface area contributed by atoms with Gasteiger partial charge < -0.3 is 20.3 Å². The molecule has 0 atom stereocenters. The van der Waals surface area contributed by atoms with E-state index < -0.39 is 0 Å². The van der Waals surface area contributed by atoms with Gasteiger partial charge in [0.15, 0.2) is 0 Å². The molecule has 3 N–H and O–H groups in total. The molecule has 2 aromatic carbocycles. The molecular formula is C27H36N2O4. The Morgan fingerprint density at radius 3 is 2.06 bits per heavy atom. The molecule has 0 bridgehead atoms. The van der Waals surface area contributed by atoms with Gasteiger partial charge in [0.05, 0.1) is 23.8 Å². The van der Waals surface area contributed by atoms with Crippen molar-refractivity contribution in [3.05, 3.63) is 53.1 Å². The van der Waals surface area contributed by atoms with Crippen molar-refractivity contribution in [2.24, 2.45) is 0 Å². The number of aryl methyl sites for hydroxylation is 1. The topological polar surface area (TPSA) is 103 Å². The van der Waals surface area contributed by atoms with E-state index in [-0.39, 0.29) is 23.0 Å². The Hall–Kier alpha value is -3.20. The van der Waals surface area contributed by atoms with E-state index in [0.29, 0.717) is 24.3 Å². The number of phenolic OH excluding ortho intramolecular Hbond substituents is 2. The minimum Gasteiger partial charge on any atom is -0.508 e. The van der Waals surface area contributed by atoms with E-state index in [4.69, 9.17) is 10.00 Å². The number of phenols is 2. The van der Waals surface area contributed by atoms with Gasteiger partial charge in [0.25, 0.3) is 5.91 Å². The third-order valence-electron chi connectivity index (χ3n) is 5.64. The number of carbonyl (C=O) groups is 1. The molecule has 178 valence electrons. The normalized spacial score (nSPS) is 10.5. The first-order valence-electron chi connectivity index (χ1n) is 11.9. The number of hydrogen-bond donors (Lipinski definition) is 3. The number of rotatable bonds is 15. The number of unbranched alkanes of at least 4 members (excludes halogenated alkanes) is 9. The zero-order valence-corrected chi connectivity index (χ0v) is 19.6. The van der Waals surface area contributed by atoms with E-state index >= 15 is 0 Å². The number of nitriles is 1. The number of carbonyl (C=O) groups excluding carboxylic acids is 1. The first kappa shape index (κ1) is 26.1. The molecule has 0 fully saturated rings. The molecule has 0 aromatic heterocycles. The van der Waals surface area contributed by atoms with Crippen LogP contribution < -0.4 is 10.1 Å². The van der Waals surface area contributed by atoms with Crippen molar-refractivity contribution in [3.8, 4) is 23.3 Å². The summed E-state index contributed by atoms with van der Waals surface area (Å²) in [6.07, 6.45) is 11.6. The fourth-order valence-electron chi connectivity index (χ4n) is 3.79. The van der Waals surface area contributed by atoms with Gasteiger partial charge in [0.2, 0.25) is 0 Å². The minimum atomic E-state index is -0.299. The van der Waals surface area contributed by atoms with E-state index in [2.05, 4.69) is 11.4 Å². The van der Waals surface area contributed by atoms with E-state index in [1.807, 2.05) is 12.1 Å². The number of nitrogens with zero attached hydrogens (tertiary/aromatic N) is 1. The van der Waals surface area contributed by atoms with Gasteiger partial charge in [-0.05, 0) is 55.7 Å². The Morgan fingerprint density at radius 1 is 0.909 bits per heavy atom. The Bertz CT molecular complexity index is 880. The summed E-state index contributed by atoms with van der Waals surface area (Å²) in [5, 5.41) is 31.0. The van der Waals surface area contributed by atoms with Crippen LogP contribution >= 0.6 is 0 Å². The first-order valence-corrected chi connectivity index (χ1v) is 11.9. The van der Waals surface area contributed by atoms with Crippen LogP contribution in [0.4, 0.5) is 0 Å². The molecule has 0 unspecified atom stereocenters. The van der Waals surface area contributed by atoms with Crippen molar-refractivity contribution >= 4 is 5.91 Å². The average Bonchev–Trinajstić information content (AvgIpc) is 2.79. The molecule has 6 nitrogen and oxygen atoms in total. The van der Waals surface area contributed by atoms with Crippen LogP contribution in [0.3, 0.4) is 0 Å². The Labute approximate surface area is 197 Å². The van der Waals surface area contributed by atoms with Gasteiger partial charge in [-0.15, -0.1) is 0 Å². The van der Waals surface area contributed by atoms with Crippen molar-refractivity contribution in [1.29, 1.82) is 5.26 Å². The van der Waals surface area contributed by atoms with Gasteiger partial charge in [0, 0.05) is 12.6 Å². The lowest BCUT2D eigenvalue weighted by molar-refractivity contribution is 0.0949. The maximum Gasteiger partial charge on any atom is 0.255 e. The average molecular weight is 453 g/mol. The summed E-state index contributed by atoms with van der Waals surface area (Å²) < 4.78 is 5.70. The number of benzene rings is 2. The number of ether oxygens (including phenoxy) is 1. The summed E-state index contributed by atoms with van der Waals surface area (Å²) in [6, 6.07) is 12.0. The molecule has 0 aliphatic rings. The molecule has 0 aliphatic heterocycles. The first-order chi connectivity index (χ1) is 16.0. The van der Waals surface area contributed by atoms with E-state index in [9.17, 15) is 15.0 Å². The summed E-state index contributed by atoms with van der Waals surface area (Å²) in [6.45, 7) is 3.00. The van der Waals surface area contributed by atoms with Crippen molar-refractivity contribution in [3.63, 3.8) is 0 Å². The van der Waals surface area contributed by atoms with Gasteiger partial charge in [-0.2, -0.15) is 5.26 Å². The Kier molecular flexibility index (Phi) is 11.7. The third kappa shape index (κ3) is 9.86. The van der Waals surface area contributed by atoms with Gasteiger partial charge in [-0.25, -0.2) is 0 Å². The van der Waals surface area contributed by atoms with Crippen LogP contribution in [0.25, 0.3) is 0 Å². The van der Waals surface area contributed by atoms with Crippen molar-refractivity contribution < 1.29 is 19.7 Å². The van der Waals surface area contributed by atoms with Crippen molar-refractivity contribution in [1.82, 2.24) is 5.32 Å². The molecule has 0 saturated heterocycles. The summed E-state index contributed by atoms with van der Waals surface area (Å²) in [5.74, 6) is 0.286. The third-order valence-corrected chi connectivity index (χ3v) is 5.64. The highest BCUT2D eigenvalue weighted by Gasteiger charge is 2.14. The highest BCUT2D eigenvalue weighted by molar-refractivity contribution is 5.98. The van der Waals surface area contributed by atoms with Gasteiger partial charge in [-0.1, -0.05) is 51.4 Å². The molecule has 0 heterocycles. The largest absolute Gasteiger partial charge is 0.508 e. The summed E-state index contributed by atoms with van der Waals surface area (Å²) >= 11 is 0. The van der Waals surface area contributed by atoms with E-state index in [0.717, 1.165) is 31.4 Å². The predicted octanol–water partition coefficient (Wildman–Crippen LogP) is 5.99. The molecule has 0 aliphatic carbocycles. The van der Waals surface area contributed by atoms with Crippen LogP contribution in [0.15, 0.2) is 36.4 Å². The second-order valence-corrected chi connectivity index (χ2v) is 8.43. The number of aromatic hydroxyl groups is 2. The summed E-state index contributed by atoms with van der Waals surface area (Å²) in [5.41, 5.74) is 1.44. The van der Waals surface area contributed by atoms with Crippen LogP contribution in [0.1, 0.15) is 85.7 Å². The number of nitrogens with one attached hydrogen (secondary N) is 1. The lowest BCUT2D eigenvalue weighted by atomic mass is 10.1.